The maximum Gasteiger partial charge on any atom is 0.280 e. The zero-order valence-electron chi connectivity index (χ0n) is 13.7. The van der Waals surface area contributed by atoms with E-state index in [0.717, 1.165) is 16.7 Å². The number of benzene rings is 2. The fraction of sp³-hybridized carbons (Fsp3) is 0.167. The highest BCUT2D eigenvalue weighted by molar-refractivity contribution is 6.05. The molecule has 3 aromatic rings. The van der Waals surface area contributed by atoms with Crippen LogP contribution < -0.4 is 11.1 Å². The number of anilines is 2. The van der Waals surface area contributed by atoms with Gasteiger partial charge in [0.25, 0.3) is 5.91 Å². The molecule has 1 heterocycles. The number of hydrogen-bond acceptors (Lipinski definition) is 4. The maximum absolute atomic E-state index is 12.3. The van der Waals surface area contributed by atoms with E-state index in [-0.39, 0.29) is 17.4 Å². The molecule has 1 aromatic heterocycles. The lowest BCUT2D eigenvalue weighted by atomic mass is 10.1. The second-order valence-corrected chi connectivity index (χ2v) is 5.73. The fourth-order valence-corrected chi connectivity index (χ4v) is 2.37. The summed E-state index contributed by atoms with van der Waals surface area (Å²) in [6.07, 6.45) is 0. The molecule has 0 unspecified atom stereocenters. The van der Waals surface area contributed by atoms with Crippen LogP contribution in [0.25, 0.3) is 0 Å². The molecule has 6 nitrogen and oxygen atoms in total. The van der Waals surface area contributed by atoms with Crippen LogP contribution in [0.5, 0.6) is 0 Å². The van der Waals surface area contributed by atoms with Gasteiger partial charge in [0.1, 0.15) is 0 Å². The minimum absolute atomic E-state index is 0.129. The number of nitrogens with two attached hydrogens (primary N) is 1. The molecule has 0 bridgehead atoms. The first-order valence-corrected chi connectivity index (χ1v) is 7.66. The van der Waals surface area contributed by atoms with Crippen molar-refractivity contribution in [2.24, 2.45) is 0 Å². The molecule has 0 spiro atoms. The number of aryl methyl sites for hydroxylation is 2. The average molecular weight is 321 g/mol. The van der Waals surface area contributed by atoms with E-state index in [2.05, 4.69) is 15.6 Å². The standard InChI is InChI=1S/C18H19N5O/c1-12-7-9-15(10-8-12)20-18(24)16-17(19)23(22-21-16)11-14-6-4-3-5-13(14)2/h3-10H,11,19H2,1-2H3,(H,20,24). The molecule has 0 aliphatic rings. The van der Waals surface area contributed by atoms with E-state index in [4.69, 9.17) is 5.73 Å². The van der Waals surface area contributed by atoms with Crippen molar-refractivity contribution in [1.29, 1.82) is 0 Å². The summed E-state index contributed by atoms with van der Waals surface area (Å²) in [5.41, 5.74) is 10.2. The number of nitrogens with zero attached hydrogens (tertiary/aromatic N) is 3. The van der Waals surface area contributed by atoms with Crippen LogP contribution in [0.4, 0.5) is 11.5 Å². The Balaban J connectivity index is 1.78. The molecule has 0 saturated carbocycles. The minimum atomic E-state index is -0.368. The van der Waals surface area contributed by atoms with Gasteiger partial charge in [0, 0.05) is 5.69 Å². The summed E-state index contributed by atoms with van der Waals surface area (Å²) >= 11 is 0. The van der Waals surface area contributed by atoms with Crippen LogP contribution in [-0.4, -0.2) is 20.9 Å². The quantitative estimate of drug-likeness (QED) is 0.773. The topological polar surface area (TPSA) is 85.8 Å². The first-order chi connectivity index (χ1) is 11.5. The molecule has 6 heteroatoms. The Morgan fingerprint density at radius 1 is 1.12 bits per heavy atom. The molecule has 3 rings (SSSR count). The van der Waals surface area contributed by atoms with Gasteiger partial charge >= 0.3 is 0 Å². The third-order valence-electron chi connectivity index (χ3n) is 3.88. The summed E-state index contributed by atoms with van der Waals surface area (Å²) in [7, 11) is 0. The second kappa shape index (κ2) is 6.54. The first kappa shape index (κ1) is 15.7. The highest BCUT2D eigenvalue weighted by atomic mass is 16.2. The molecule has 0 saturated heterocycles. The monoisotopic (exact) mass is 321 g/mol. The van der Waals surface area contributed by atoms with Crippen molar-refractivity contribution in [3.05, 3.63) is 70.9 Å². The lowest BCUT2D eigenvalue weighted by molar-refractivity contribution is 0.102. The SMILES string of the molecule is Cc1ccc(NC(=O)c2nnn(Cc3ccccc3C)c2N)cc1. The van der Waals surface area contributed by atoms with Crippen molar-refractivity contribution in [2.45, 2.75) is 20.4 Å². The molecule has 0 radical (unpaired) electrons. The van der Waals surface area contributed by atoms with Crippen molar-refractivity contribution in [3.8, 4) is 0 Å². The van der Waals surface area contributed by atoms with Gasteiger partial charge in [-0.15, -0.1) is 5.10 Å². The van der Waals surface area contributed by atoms with E-state index in [1.165, 1.54) is 4.68 Å². The Bertz CT molecular complexity index is 867. The van der Waals surface area contributed by atoms with Crippen LogP contribution in [-0.2, 0) is 6.54 Å². The predicted molar refractivity (Wildman–Crippen MR) is 93.8 cm³/mol. The van der Waals surface area contributed by atoms with Crippen LogP contribution in [0.15, 0.2) is 48.5 Å². The normalized spacial score (nSPS) is 10.6. The van der Waals surface area contributed by atoms with Crippen LogP contribution >= 0.6 is 0 Å². The Morgan fingerprint density at radius 3 is 2.54 bits per heavy atom. The molecule has 24 heavy (non-hydrogen) atoms. The lowest BCUT2D eigenvalue weighted by Crippen LogP contribution is -2.15. The van der Waals surface area contributed by atoms with Gasteiger partial charge in [-0.3, -0.25) is 4.79 Å². The Labute approximate surface area is 140 Å². The number of aromatic nitrogens is 3. The van der Waals surface area contributed by atoms with E-state index in [1.54, 1.807) is 0 Å². The smallest absolute Gasteiger partial charge is 0.280 e. The number of rotatable bonds is 4. The summed E-state index contributed by atoms with van der Waals surface area (Å²) in [4.78, 5) is 12.3. The molecule has 3 N–H and O–H groups in total. The molecule has 1 amide bonds. The summed E-state index contributed by atoms with van der Waals surface area (Å²) in [5.74, 6) is -0.116. The highest BCUT2D eigenvalue weighted by Crippen LogP contribution is 2.16. The van der Waals surface area contributed by atoms with Crippen LogP contribution in [0.1, 0.15) is 27.2 Å². The average Bonchev–Trinajstić information content (AvgIpc) is 2.93. The molecule has 2 aromatic carbocycles. The largest absolute Gasteiger partial charge is 0.382 e. The Kier molecular flexibility index (Phi) is 4.29. The summed E-state index contributed by atoms with van der Waals surface area (Å²) < 4.78 is 1.53. The van der Waals surface area contributed by atoms with E-state index in [0.29, 0.717) is 12.2 Å². The molecule has 122 valence electrons. The summed E-state index contributed by atoms with van der Waals surface area (Å²) in [5, 5.41) is 10.7. The minimum Gasteiger partial charge on any atom is -0.382 e. The van der Waals surface area contributed by atoms with Gasteiger partial charge in [0.05, 0.1) is 6.54 Å². The molecule has 0 aliphatic heterocycles. The lowest BCUT2D eigenvalue weighted by Gasteiger charge is -2.07. The second-order valence-electron chi connectivity index (χ2n) is 5.73. The summed E-state index contributed by atoms with van der Waals surface area (Å²) in [6.45, 7) is 4.48. The van der Waals surface area contributed by atoms with Crippen molar-refractivity contribution >= 4 is 17.4 Å². The predicted octanol–water partition coefficient (Wildman–Crippen LogP) is 2.78. The van der Waals surface area contributed by atoms with E-state index < -0.39 is 0 Å². The van der Waals surface area contributed by atoms with Crippen molar-refractivity contribution in [3.63, 3.8) is 0 Å². The Hall–Kier alpha value is -3.15. The van der Waals surface area contributed by atoms with Crippen LogP contribution in [0.3, 0.4) is 0 Å². The summed E-state index contributed by atoms with van der Waals surface area (Å²) in [6, 6.07) is 15.5. The molecular formula is C18H19N5O. The van der Waals surface area contributed by atoms with Gasteiger partial charge < -0.3 is 11.1 Å². The molecular weight excluding hydrogens is 302 g/mol. The Morgan fingerprint density at radius 2 is 1.83 bits per heavy atom. The number of nitrogen functional groups attached to an aromatic ring is 1. The molecule has 0 fully saturated rings. The van der Waals surface area contributed by atoms with Gasteiger partial charge in [-0.1, -0.05) is 47.2 Å². The van der Waals surface area contributed by atoms with Crippen molar-refractivity contribution < 1.29 is 4.79 Å². The first-order valence-electron chi connectivity index (χ1n) is 7.66. The number of amides is 1. The number of hydrogen-bond donors (Lipinski definition) is 2. The van der Waals surface area contributed by atoms with Crippen LogP contribution in [0.2, 0.25) is 0 Å². The van der Waals surface area contributed by atoms with Gasteiger partial charge in [0.2, 0.25) is 0 Å². The zero-order chi connectivity index (χ0) is 17.1. The molecule has 0 aliphatic carbocycles. The van der Waals surface area contributed by atoms with Crippen molar-refractivity contribution in [1.82, 2.24) is 15.0 Å². The number of carbonyl (C=O) groups excluding carboxylic acids is 1. The van der Waals surface area contributed by atoms with Gasteiger partial charge in [-0.05, 0) is 37.1 Å². The fourth-order valence-electron chi connectivity index (χ4n) is 2.37. The van der Waals surface area contributed by atoms with Gasteiger partial charge in [-0.2, -0.15) is 0 Å². The number of nitrogens with one attached hydrogen (secondary N) is 1. The van der Waals surface area contributed by atoms with Gasteiger partial charge in [-0.25, -0.2) is 4.68 Å². The number of carbonyl (C=O) groups is 1. The van der Waals surface area contributed by atoms with Crippen molar-refractivity contribution in [2.75, 3.05) is 11.1 Å². The van der Waals surface area contributed by atoms with Gasteiger partial charge in [0.15, 0.2) is 11.5 Å². The van der Waals surface area contributed by atoms with Crippen LogP contribution in [0, 0.1) is 13.8 Å². The van der Waals surface area contributed by atoms with E-state index in [9.17, 15) is 4.79 Å². The third-order valence-corrected chi connectivity index (χ3v) is 3.88. The maximum atomic E-state index is 12.3. The highest BCUT2D eigenvalue weighted by Gasteiger charge is 2.18. The van der Waals surface area contributed by atoms with E-state index >= 15 is 0 Å². The zero-order valence-corrected chi connectivity index (χ0v) is 13.7. The van der Waals surface area contributed by atoms with E-state index in [1.807, 2.05) is 62.4 Å². The third kappa shape index (κ3) is 3.27. The molecule has 0 atom stereocenters.